The Morgan fingerprint density at radius 1 is 1.31 bits per heavy atom. The number of rotatable bonds is 3. The number of carboxylic acids is 1. The molecule has 0 saturated heterocycles. The highest BCUT2D eigenvalue weighted by atomic mass is 127. The molecule has 16 heavy (non-hydrogen) atoms. The van der Waals surface area contributed by atoms with Crippen LogP contribution >= 0.6 is 45.2 Å². The van der Waals surface area contributed by atoms with Crippen molar-refractivity contribution in [3.63, 3.8) is 0 Å². The van der Waals surface area contributed by atoms with Crippen molar-refractivity contribution >= 4 is 61.3 Å². The van der Waals surface area contributed by atoms with E-state index >= 15 is 0 Å². The fraction of sp³-hybridized carbons (Fsp3) is 0.125. The van der Waals surface area contributed by atoms with Crippen molar-refractivity contribution in [2.24, 2.45) is 0 Å². The molecule has 0 spiro atoms. The largest absolute Gasteiger partial charge is 0.478 e. The number of carboxylic acid groups (broad SMARTS) is 1. The zero-order valence-corrected chi connectivity index (χ0v) is 13.0. The first-order chi connectivity index (χ1) is 7.22. The van der Waals surface area contributed by atoms with Crippen LogP contribution in [0.25, 0.3) is 0 Å². The van der Waals surface area contributed by atoms with E-state index in [1.807, 2.05) is 45.2 Å². The molecule has 0 saturated carbocycles. The van der Waals surface area contributed by atoms with Crippen molar-refractivity contribution in [3.8, 4) is 5.75 Å². The van der Waals surface area contributed by atoms with Gasteiger partial charge in [-0.3, -0.25) is 0 Å². The highest BCUT2D eigenvalue weighted by molar-refractivity contribution is 14.1. The molecule has 1 aromatic rings. The van der Waals surface area contributed by atoms with E-state index in [4.69, 9.17) is 5.11 Å². The third kappa shape index (κ3) is 3.45. The van der Waals surface area contributed by atoms with Gasteiger partial charge in [0.05, 0.1) is 9.83 Å². The van der Waals surface area contributed by atoms with Gasteiger partial charge in [-0.25, -0.2) is 4.79 Å². The summed E-state index contributed by atoms with van der Waals surface area (Å²) in [6.07, 6.45) is 0.870. The summed E-state index contributed by atoms with van der Waals surface area (Å²) in [5.74, 6) is -1.36. The van der Waals surface area contributed by atoms with Crippen LogP contribution < -0.4 is 4.18 Å². The summed E-state index contributed by atoms with van der Waals surface area (Å²) in [7, 11) is -3.74. The molecular weight excluding hydrogens is 462 g/mol. The third-order valence-corrected chi connectivity index (χ3v) is 3.73. The van der Waals surface area contributed by atoms with E-state index in [9.17, 15) is 13.2 Å². The van der Waals surface area contributed by atoms with Crippen molar-refractivity contribution < 1.29 is 22.5 Å². The van der Waals surface area contributed by atoms with Crippen LogP contribution in [0.4, 0.5) is 0 Å². The zero-order valence-electron chi connectivity index (χ0n) is 7.90. The second kappa shape index (κ2) is 5.04. The predicted octanol–water partition coefficient (Wildman–Crippen LogP) is 1.93. The molecule has 0 amide bonds. The fourth-order valence-corrected chi connectivity index (χ4v) is 2.81. The standard InChI is InChI=1S/C8H6I2O5S/c1-16(13,14)15-7-5(10)3-2-4(9)6(7)8(11)12/h2-3H,1H3,(H,11,12). The minimum absolute atomic E-state index is 0.137. The van der Waals surface area contributed by atoms with Gasteiger partial charge in [0.1, 0.15) is 5.56 Å². The van der Waals surface area contributed by atoms with Gasteiger partial charge in [0.2, 0.25) is 0 Å². The molecule has 0 atom stereocenters. The Kier molecular flexibility index (Phi) is 4.40. The lowest BCUT2D eigenvalue weighted by Gasteiger charge is -2.10. The van der Waals surface area contributed by atoms with Crippen LogP contribution in [0.2, 0.25) is 0 Å². The van der Waals surface area contributed by atoms with Gasteiger partial charge in [-0.2, -0.15) is 8.42 Å². The maximum atomic E-state index is 11.0. The number of benzene rings is 1. The van der Waals surface area contributed by atoms with Gasteiger partial charge >= 0.3 is 16.1 Å². The van der Waals surface area contributed by atoms with E-state index in [0.717, 1.165) is 6.26 Å². The second-order valence-electron chi connectivity index (χ2n) is 2.83. The van der Waals surface area contributed by atoms with Gasteiger partial charge in [-0.1, -0.05) is 0 Å². The van der Waals surface area contributed by atoms with Crippen LogP contribution in [0.3, 0.4) is 0 Å². The Morgan fingerprint density at radius 2 is 1.81 bits per heavy atom. The van der Waals surface area contributed by atoms with Gasteiger partial charge < -0.3 is 9.29 Å². The summed E-state index contributed by atoms with van der Waals surface area (Å²) in [6, 6.07) is 3.18. The van der Waals surface area contributed by atoms with E-state index in [1.165, 1.54) is 0 Å². The SMILES string of the molecule is CS(=O)(=O)Oc1c(I)ccc(I)c1C(=O)O. The molecule has 5 nitrogen and oxygen atoms in total. The molecule has 1 N–H and O–H groups in total. The molecule has 0 aliphatic heterocycles. The normalized spacial score (nSPS) is 11.2. The fourth-order valence-electron chi connectivity index (χ4n) is 0.965. The topological polar surface area (TPSA) is 80.7 Å². The second-order valence-corrected chi connectivity index (χ2v) is 6.73. The molecule has 0 aromatic heterocycles. The first-order valence-electron chi connectivity index (χ1n) is 3.83. The molecule has 0 radical (unpaired) electrons. The predicted molar refractivity (Wildman–Crippen MR) is 74.3 cm³/mol. The first-order valence-corrected chi connectivity index (χ1v) is 7.80. The van der Waals surface area contributed by atoms with Crippen molar-refractivity contribution in [3.05, 3.63) is 24.8 Å². The van der Waals surface area contributed by atoms with Gasteiger partial charge in [0, 0.05) is 3.57 Å². The average Bonchev–Trinajstić information content (AvgIpc) is 2.08. The molecule has 0 bridgehead atoms. The van der Waals surface area contributed by atoms with Gasteiger partial charge in [-0.05, 0) is 57.3 Å². The van der Waals surface area contributed by atoms with E-state index in [1.54, 1.807) is 12.1 Å². The first kappa shape index (κ1) is 14.0. The number of hydrogen-bond donors (Lipinski definition) is 1. The zero-order chi connectivity index (χ0) is 12.5. The molecule has 0 heterocycles. The van der Waals surface area contributed by atoms with Crippen LogP contribution in [-0.2, 0) is 10.1 Å². The summed E-state index contributed by atoms with van der Waals surface area (Å²) >= 11 is 3.63. The lowest BCUT2D eigenvalue weighted by Crippen LogP contribution is -2.12. The number of halogens is 2. The van der Waals surface area contributed by atoms with E-state index in [2.05, 4.69) is 4.18 Å². The van der Waals surface area contributed by atoms with Gasteiger partial charge in [0.25, 0.3) is 0 Å². The van der Waals surface area contributed by atoms with E-state index in [-0.39, 0.29) is 11.3 Å². The van der Waals surface area contributed by atoms with Crippen molar-refractivity contribution in [2.75, 3.05) is 6.26 Å². The summed E-state index contributed by atoms with van der Waals surface area (Å²) in [6.45, 7) is 0. The highest BCUT2D eigenvalue weighted by Gasteiger charge is 2.21. The molecule has 0 unspecified atom stereocenters. The molecular formula is C8H6I2O5S. The Labute approximate surface area is 120 Å². The summed E-state index contributed by atoms with van der Waals surface area (Å²) < 4.78 is 27.6. The third-order valence-electron chi connectivity index (χ3n) is 1.51. The minimum atomic E-state index is -3.74. The number of hydrogen-bond acceptors (Lipinski definition) is 4. The van der Waals surface area contributed by atoms with E-state index in [0.29, 0.717) is 7.14 Å². The quantitative estimate of drug-likeness (QED) is 0.542. The van der Waals surface area contributed by atoms with E-state index < -0.39 is 16.1 Å². The van der Waals surface area contributed by atoms with Crippen LogP contribution in [0, 0.1) is 7.14 Å². The molecule has 1 aromatic carbocycles. The van der Waals surface area contributed by atoms with Gasteiger partial charge in [-0.15, -0.1) is 0 Å². The Morgan fingerprint density at radius 3 is 2.25 bits per heavy atom. The monoisotopic (exact) mass is 468 g/mol. The molecule has 0 aliphatic carbocycles. The lowest BCUT2D eigenvalue weighted by molar-refractivity contribution is 0.0694. The summed E-state index contributed by atoms with van der Waals surface area (Å²) in [5.41, 5.74) is -0.141. The highest BCUT2D eigenvalue weighted by Crippen LogP contribution is 2.30. The molecule has 1 rings (SSSR count). The summed E-state index contributed by atoms with van der Waals surface area (Å²) in [4.78, 5) is 11.0. The smallest absolute Gasteiger partial charge is 0.340 e. The molecule has 0 fully saturated rings. The van der Waals surface area contributed by atoms with Crippen LogP contribution in [0.15, 0.2) is 12.1 Å². The van der Waals surface area contributed by atoms with Crippen molar-refractivity contribution in [2.45, 2.75) is 0 Å². The minimum Gasteiger partial charge on any atom is -0.478 e. The average molecular weight is 468 g/mol. The van der Waals surface area contributed by atoms with Crippen LogP contribution in [0.1, 0.15) is 10.4 Å². The lowest BCUT2D eigenvalue weighted by atomic mass is 10.2. The summed E-state index contributed by atoms with van der Waals surface area (Å²) in [5, 5.41) is 8.98. The molecule has 0 aliphatic rings. The maximum Gasteiger partial charge on any atom is 0.340 e. The Bertz CT molecular complexity index is 538. The number of aromatic carboxylic acids is 1. The van der Waals surface area contributed by atoms with Crippen molar-refractivity contribution in [1.82, 2.24) is 0 Å². The molecule has 8 heteroatoms. The molecule has 88 valence electrons. The Hall–Kier alpha value is -0.100. The van der Waals surface area contributed by atoms with Crippen molar-refractivity contribution in [1.29, 1.82) is 0 Å². The van der Waals surface area contributed by atoms with Crippen LogP contribution in [-0.4, -0.2) is 25.7 Å². The number of carbonyl (C=O) groups is 1. The van der Waals surface area contributed by atoms with Gasteiger partial charge in [0.15, 0.2) is 5.75 Å². The maximum absolute atomic E-state index is 11.0. The Balaban J connectivity index is 3.46. The van der Waals surface area contributed by atoms with Crippen LogP contribution in [0.5, 0.6) is 5.75 Å².